The highest BCUT2D eigenvalue weighted by Gasteiger charge is 2.34. The normalized spacial score (nSPS) is 13.1. The zero-order valence-corrected chi connectivity index (χ0v) is 13.7. The van der Waals surface area contributed by atoms with Crippen molar-refractivity contribution in [2.75, 3.05) is 0 Å². The first-order valence-corrected chi connectivity index (χ1v) is 12.6. The molecule has 16 heavy (non-hydrogen) atoms. The van der Waals surface area contributed by atoms with Gasteiger partial charge in [-0.15, -0.1) is 0 Å². The van der Waals surface area contributed by atoms with Crippen molar-refractivity contribution < 1.29 is 4.42 Å². The van der Waals surface area contributed by atoms with Crippen molar-refractivity contribution in [2.45, 2.75) is 58.5 Å². The third-order valence-corrected chi connectivity index (χ3v) is 11.0. The van der Waals surface area contributed by atoms with Crippen LogP contribution >= 0.6 is 0 Å². The summed E-state index contributed by atoms with van der Waals surface area (Å²) in [6.45, 7) is 14.0. The molecule has 0 atom stereocenters. The molecule has 3 heteroatoms. The number of hydrogen-bond acceptors (Lipinski definition) is 1. The lowest BCUT2D eigenvalue weighted by atomic mass is 10.7. The van der Waals surface area contributed by atoms with Crippen LogP contribution in [0.3, 0.4) is 0 Å². The van der Waals surface area contributed by atoms with E-state index in [1.165, 1.54) is 28.9 Å². The maximum absolute atomic E-state index is 6.21. The van der Waals surface area contributed by atoms with Crippen molar-refractivity contribution in [1.82, 2.24) is 0 Å². The molecule has 1 nitrogen and oxygen atoms in total. The van der Waals surface area contributed by atoms with Crippen LogP contribution in [0.1, 0.15) is 20.8 Å². The van der Waals surface area contributed by atoms with Gasteiger partial charge in [0.15, 0.2) is 0 Å². The lowest BCUT2D eigenvalue weighted by Gasteiger charge is -2.25. The van der Waals surface area contributed by atoms with Gasteiger partial charge in [-0.05, 0) is 12.1 Å². The van der Waals surface area contributed by atoms with Crippen molar-refractivity contribution in [2.24, 2.45) is 0 Å². The second-order valence-electron chi connectivity index (χ2n) is 5.75. The Labute approximate surface area is 102 Å². The first-order valence-electron chi connectivity index (χ1n) is 6.50. The Balaban J connectivity index is 3.09. The summed E-state index contributed by atoms with van der Waals surface area (Å²) in [6.07, 6.45) is 0. The highest BCUT2D eigenvalue weighted by Crippen LogP contribution is 2.20. The maximum Gasteiger partial charge on any atom is 0.131 e. The molecule has 92 valence electrons. The largest absolute Gasteiger partial charge is 0.476 e. The summed E-state index contributed by atoms with van der Waals surface area (Å²) in [6, 6.07) is 8.43. The van der Waals surface area contributed by atoms with Crippen LogP contribution in [0.2, 0.25) is 37.8 Å². The van der Waals surface area contributed by atoms with Crippen LogP contribution in [0.4, 0.5) is 0 Å². The monoisotopic (exact) mass is 254 g/mol. The molecular formula is C13H26OSi2. The minimum absolute atomic E-state index is 1.27. The van der Waals surface area contributed by atoms with Gasteiger partial charge in [0.2, 0.25) is 0 Å². The smallest absolute Gasteiger partial charge is 0.131 e. The molecule has 1 rings (SSSR count). The fourth-order valence-electron chi connectivity index (χ4n) is 2.30. The van der Waals surface area contributed by atoms with Crippen molar-refractivity contribution in [3.8, 4) is 0 Å². The molecule has 0 aliphatic rings. The van der Waals surface area contributed by atoms with E-state index in [0.29, 0.717) is 0 Å². The summed E-state index contributed by atoms with van der Waals surface area (Å²) in [5, 5.41) is 2.62. The van der Waals surface area contributed by atoms with Crippen molar-refractivity contribution >= 4 is 26.9 Å². The zero-order chi connectivity index (χ0) is 12.4. The Morgan fingerprint density at radius 1 is 0.875 bits per heavy atom. The lowest BCUT2D eigenvalue weighted by molar-refractivity contribution is 0.626. The number of rotatable bonds is 5. The van der Waals surface area contributed by atoms with E-state index in [4.69, 9.17) is 4.42 Å². The standard InChI is InChI=1S/C13H26OSi2/c1-7-16(8-2,9-3)13-11-10-12(14-13)15(4,5)6/h10-11H,7-9H2,1-6H3. The van der Waals surface area contributed by atoms with E-state index in [2.05, 4.69) is 52.5 Å². The molecule has 0 saturated carbocycles. The maximum atomic E-state index is 6.21. The lowest BCUT2D eigenvalue weighted by Crippen LogP contribution is -2.46. The van der Waals surface area contributed by atoms with E-state index in [0.717, 1.165) is 0 Å². The van der Waals surface area contributed by atoms with E-state index in [-0.39, 0.29) is 0 Å². The number of furan rings is 1. The second kappa shape index (κ2) is 4.92. The molecular weight excluding hydrogens is 228 g/mol. The average Bonchev–Trinajstić information content (AvgIpc) is 2.71. The summed E-state index contributed by atoms with van der Waals surface area (Å²) in [7, 11) is -2.57. The van der Waals surface area contributed by atoms with Gasteiger partial charge >= 0.3 is 0 Å². The van der Waals surface area contributed by atoms with Crippen molar-refractivity contribution in [3.63, 3.8) is 0 Å². The summed E-state index contributed by atoms with van der Waals surface area (Å²) in [5.74, 6) is 0. The molecule has 0 N–H and O–H groups in total. The van der Waals surface area contributed by atoms with E-state index in [1.807, 2.05) is 0 Å². The van der Waals surface area contributed by atoms with Gasteiger partial charge in [-0.25, -0.2) is 0 Å². The van der Waals surface area contributed by atoms with Gasteiger partial charge in [-0.1, -0.05) is 58.5 Å². The Hall–Kier alpha value is -0.286. The van der Waals surface area contributed by atoms with Gasteiger partial charge in [0.25, 0.3) is 0 Å². The topological polar surface area (TPSA) is 13.1 Å². The first-order chi connectivity index (χ1) is 7.39. The predicted octanol–water partition coefficient (Wildman–Crippen LogP) is 3.54. The van der Waals surface area contributed by atoms with Gasteiger partial charge < -0.3 is 4.42 Å². The fraction of sp³-hybridized carbons (Fsp3) is 0.692. The van der Waals surface area contributed by atoms with Crippen LogP contribution in [0.25, 0.3) is 0 Å². The molecule has 0 fully saturated rings. The average molecular weight is 255 g/mol. The molecule has 0 radical (unpaired) electrons. The second-order valence-corrected chi connectivity index (χ2v) is 15.9. The fourth-order valence-corrected chi connectivity index (χ4v) is 6.71. The third-order valence-electron chi connectivity index (χ3n) is 3.90. The van der Waals surface area contributed by atoms with E-state index in [9.17, 15) is 0 Å². The predicted molar refractivity (Wildman–Crippen MR) is 78.5 cm³/mol. The van der Waals surface area contributed by atoms with Crippen LogP contribution in [0.5, 0.6) is 0 Å². The molecule has 0 saturated heterocycles. The van der Waals surface area contributed by atoms with E-state index < -0.39 is 16.1 Å². The molecule has 0 aliphatic heterocycles. The molecule has 0 unspecified atom stereocenters. The van der Waals surface area contributed by atoms with Gasteiger partial charge in [0, 0.05) is 0 Å². The van der Waals surface area contributed by atoms with E-state index >= 15 is 0 Å². The summed E-state index contributed by atoms with van der Waals surface area (Å²) in [4.78, 5) is 0. The third kappa shape index (κ3) is 2.51. The Morgan fingerprint density at radius 3 is 1.62 bits per heavy atom. The van der Waals surface area contributed by atoms with Crippen LogP contribution in [0.15, 0.2) is 16.5 Å². The van der Waals surface area contributed by atoms with Crippen LogP contribution < -0.4 is 10.8 Å². The van der Waals surface area contributed by atoms with Gasteiger partial charge in [0.1, 0.15) is 16.1 Å². The Bertz CT molecular complexity index is 324. The SMILES string of the molecule is CC[Si](CC)(CC)c1ccc([Si](C)(C)C)o1. The number of hydrogen-bond donors (Lipinski definition) is 0. The van der Waals surface area contributed by atoms with E-state index in [1.54, 1.807) is 0 Å². The Morgan fingerprint density at radius 2 is 1.31 bits per heavy atom. The molecule has 1 heterocycles. The summed E-state index contributed by atoms with van der Waals surface area (Å²) >= 11 is 0. The van der Waals surface area contributed by atoms with Crippen LogP contribution in [-0.4, -0.2) is 16.1 Å². The van der Waals surface area contributed by atoms with Crippen LogP contribution in [0, 0.1) is 0 Å². The molecule has 0 aliphatic carbocycles. The molecule has 0 spiro atoms. The van der Waals surface area contributed by atoms with Gasteiger partial charge in [-0.3, -0.25) is 0 Å². The first kappa shape index (κ1) is 13.8. The minimum atomic E-state index is -1.30. The van der Waals surface area contributed by atoms with Gasteiger partial charge in [-0.2, -0.15) is 0 Å². The molecule has 0 bridgehead atoms. The summed E-state index contributed by atoms with van der Waals surface area (Å²) < 4.78 is 6.21. The molecule has 0 amide bonds. The molecule has 0 aromatic carbocycles. The summed E-state index contributed by atoms with van der Waals surface area (Å²) in [5.41, 5.74) is 0. The van der Waals surface area contributed by atoms with Gasteiger partial charge in [0.05, 0.1) is 10.8 Å². The quantitative estimate of drug-likeness (QED) is 0.733. The Kier molecular flexibility index (Phi) is 4.24. The van der Waals surface area contributed by atoms with Crippen LogP contribution in [-0.2, 0) is 0 Å². The van der Waals surface area contributed by atoms with Crippen molar-refractivity contribution in [3.05, 3.63) is 12.1 Å². The van der Waals surface area contributed by atoms with Crippen molar-refractivity contribution in [1.29, 1.82) is 0 Å². The minimum Gasteiger partial charge on any atom is -0.476 e. The molecule has 1 aromatic rings. The molecule has 1 aromatic heterocycles. The highest BCUT2D eigenvalue weighted by atomic mass is 28.3. The zero-order valence-electron chi connectivity index (χ0n) is 11.7. The highest BCUT2D eigenvalue weighted by molar-refractivity contribution is 6.92.